The number of phenols is 2. The van der Waals surface area contributed by atoms with E-state index in [-0.39, 0.29) is 17.3 Å². The van der Waals surface area contributed by atoms with Gasteiger partial charge in [-0.2, -0.15) is 0 Å². The molecule has 0 atom stereocenters. The molecule has 0 bridgehead atoms. The Labute approximate surface area is 156 Å². The quantitative estimate of drug-likeness (QED) is 0.497. The third kappa shape index (κ3) is 3.13. The fourth-order valence-corrected chi connectivity index (χ4v) is 3.18. The normalized spacial score (nSPS) is 10.9. The number of fused-ring (bicyclic) bond motifs is 1. The maximum absolute atomic E-state index is 12.3. The number of nitrogens with zero attached hydrogens (tertiary/aromatic N) is 1. The van der Waals surface area contributed by atoms with Gasteiger partial charge in [-0.1, -0.05) is 24.3 Å². The molecule has 0 amide bonds. The summed E-state index contributed by atoms with van der Waals surface area (Å²) in [7, 11) is 0. The fraction of sp³-hybridized carbons (Fsp3) is 0.0435. The summed E-state index contributed by atoms with van der Waals surface area (Å²) in [5, 5.41) is 20.4. The lowest BCUT2D eigenvalue weighted by Crippen LogP contribution is -1.98. The van der Waals surface area contributed by atoms with Crippen molar-refractivity contribution in [2.45, 2.75) is 6.92 Å². The second kappa shape index (κ2) is 6.57. The smallest absolute Gasteiger partial charge is 0.160 e. The van der Waals surface area contributed by atoms with Crippen molar-refractivity contribution in [2.24, 2.45) is 0 Å². The summed E-state index contributed by atoms with van der Waals surface area (Å²) in [6.07, 6.45) is 0. The number of carbonyl (C=O) groups is 1. The fourth-order valence-electron chi connectivity index (χ4n) is 3.18. The Balaban J connectivity index is 1.93. The molecule has 2 N–H and O–H groups in total. The summed E-state index contributed by atoms with van der Waals surface area (Å²) < 4.78 is 0. The number of ketones is 1. The second-order valence-electron chi connectivity index (χ2n) is 6.41. The maximum Gasteiger partial charge on any atom is 0.160 e. The van der Waals surface area contributed by atoms with E-state index in [9.17, 15) is 15.0 Å². The summed E-state index contributed by atoms with van der Waals surface area (Å²) in [4.78, 5) is 17.0. The van der Waals surface area contributed by atoms with Crippen LogP contribution in [-0.2, 0) is 0 Å². The second-order valence-corrected chi connectivity index (χ2v) is 6.41. The molecule has 0 aliphatic carbocycles. The number of rotatable bonds is 3. The van der Waals surface area contributed by atoms with E-state index in [0.29, 0.717) is 22.3 Å². The SMILES string of the molecule is CC(=O)c1cc(-c2ccc(O)cc2)nc2ccc(-c3ccccc3O)cc12. The van der Waals surface area contributed by atoms with Gasteiger partial charge >= 0.3 is 0 Å². The lowest BCUT2D eigenvalue weighted by atomic mass is 9.97. The van der Waals surface area contributed by atoms with Gasteiger partial charge < -0.3 is 10.2 Å². The standard InChI is InChI=1S/C23H17NO3/c1-14(25)19-13-22(15-6-9-17(26)10-7-15)24-21-11-8-16(12-20(19)21)18-4-2-3-5-23(18)27/h2-13,26-27H,1H3. The number of Topliss-reactive ketones (excluding diaryl/α,β-unsaturated/α-hetero) is 1. The van der Waals surface area contributed by atoms with Crippen molar-refractivity contribution in [2.75, 3.05) is 0 Å². The Bertz CT molecular complexity index is 1160. The van der Waals surface area contributed by atoms with E-state index < -0.39 is 0 Å². The summed E-state index contributed by atoms with van der Waals surface area (Å²) in [6.45, 7) is 1.53. The third-order valence-corrected chi connectivity index (χ3v) is 4.57. The molecule has 3 aromatic carbocycles. The van der Waals surface area contributed by atoms with E-state index >= 15 is 0 Å². The summed E-state index contributed by atoms with van der Waals surface area (Å²) in [5.41, 5.74) is 4.29. The molecule has 0 spiro atoms. The minimum absolute atomic E-state index is 0.0585. The Hall–Kier alpha value is -3.66. The molecule has 0 aliphatic rings. The molecule has 4 aromatic rings. The van der Waals surface area contributed by atoms with Gasteiger partial charge in [-0.15, -0.1) is 0 Å². The third-order valence-electron chi connectivity index (χ3n) is 4.57. The largest absolute Gasteiger partial charge is 0.508 e. The molecule has 0 saturated heterocycles. The molecular formula is C23H17NO3. The average Bonchev–Trinajstić information content (AvgIpc) is 2.67. The highest BCUT2D eigenvalue weighted by Crippen LogP contribution is 2.33. The van der Waals surface area contributed by atoms with Crippen LogP contribution >= 0.6 is 0 Å². The topological polar surface area (TPSA) is 70.4 Å². The van der Waals surface area contributed by atoms with Gasteiger partial charge in [0.05, 0.1) is 11.2 Å². The van der Waals surface area contributed by atoms with Crippen molar-refractivity contribution < 1.29 is 15.0 Å². The first-order valence-electron chi connectivity index (χ1n) is 8.56. The molecule has 4 heteroatoms. The number of aromatic nitrogens is 1. The number of carbonyl (C=O) groups excluding carboxylic acids is 1. The van der Waals surface area contributed by atoms with Gasteiger partial charge in [0.1, 0.15) is 11.5 Å². The molecule has 0 fully saturated rings. The first-order chi connectivity index (χ1) is 13.0. The summed E-state index contributed by atoms with van der Waals surface area (Å²) in [5.74, 6) is 0.311. The molecule has 0 aliphatic heterocycles. The van der Waals surface area contributed by atoms with Crippen LogP contribution in [-0.4, -0.2) is 21.0 Å². The van der Waals surface area contributed by atoms with Gasteiger partial charge in [-0.25, -0.2) is 4.98 Å². The first kappa shape index (κ1) is 16.8. The molecule has 0 saturated carbocycles. The van der Waals surface area contributed by atoms with E-state index in [1.54, 1.807) is 42.5 Å². The highest BCUT2D eigenvalue weighted by Gasteiger charge is 2.13. The molecule has 27 heavy (non-hydrogen) atoms. The molecule has 1 heterocycles. The molecule has 4 rings (SSSR count). The number of para-hydroxylation sites is 1. The monoisotopic (exact) mass is 355 g/mol. The van der Waals surface area contributed by atoms with Gasteiger partial charge in [0.2, 0.25) is 0 Å². The van der Waals surface area contributed by atoms with Crippen LogP contribution in [0.4, 0.5) is 0 Å². The molecule has 132 valence electrons. The van der Waals surface area contributed by atoms with E-state index in [1.165, 1.54) is 6.92 Å². The highest BCUT2D eigenvalue weighted by molar-refractivity contribution is 6.08. The van der Waals surface area contributed by atoms with E-state index in [0.717, 1.165) is 16.5 Å². The van der Waals surface area contributed by atoms with E-state index in [4.69, 9.17) is 0 Å². The predicted molar refractivity (Wildman–Crippen MR) is 106 cm³/mol. The summed E-state index contributed by atoms with van der Waals surface area (Å²) >= 11 is 0. The van der Waals surface area contributed by atoms with Gasteiger partial charge in [0, 0.05) is 22.1 Å². The highest BCUT2D eigenvalue weighted by atomic mass is 16.3. The van der Waals surface area contributed by atoms with Crippen LogP contribution in [0.15, 0.2) is 72.8 Å². The van der Waals surface area contributed by atoms with Crippen LogP contribution in [0.5, 0.6) is 11.5 Å². The number of hydrogen-bond donors (Lipinski definition) is 2. The van der Waals surface area contributed by atoms with Crippen LogP contribution in [0.1, 0.15) is 17.3 Å². The van der Waals surface area contributed by atoms with Crippen LogP contribution in [0.2, 0.25) is 0 Å². The van der Waals surface area contributed by atoms with Crippen LogP contribution in [0.3, 0.4) is 0 Å². The molecule has 1 aromatic heterocycles. The van der Waals surface area contributed by atoms with Crippen molar-refractivity contribution in [1.82, 2.24) is 4.98 Å². The van der Waals surface area contributed by atoms with Gasteiger partial charge in [-0.3, -0.25) is 4.79 Å². The Morgan fingerprint density at radius 1 is 0.852 bits per heavy atom. The van der Waals surface area contributed by atoms with Gasteiger partial charge in [0.25, 0.3) is 0 Å². The predicted octanol–water partition coefficient (Wildman–Crippen LogP) is 5.18. The number of benzene rings is 3. The average molecular weight is 355 g/mol. The zero-order chi connectivity index (χ0) is 19.0. The Morgan fingerprint density at radius 3 is 2.26 bits per heavy atom. The Kier molecular flexibility index (Phi) is 4.09. The lowest BCUT2D eigenvalue weighted by molar-refractivity contribution is 0.101. The number of hydrogen-bond acceptors (Lipinski definition) is 4. The van der Waals surface area contributed by atoms with Gasteiger partial charge in [-0.05, 0) is 61.0 Å². The van der Waals surface area contributed by atoms with Crippen molar-refractivity contribution in [1.29, 1.82) is 0 Å². The minimum atomic E-state index is -0.0585. The lowest BCUT2D eigenvalue weighted by Gasteiger charge is -2.11. The molecule has 0 unspecified atom stereocenters. The molecule has 4 nitrogen and oxygen atoms in total. The number of pyridine rings is 1. The number of phenolic OH excluding ortho intramolecular Hbond substituents is 2. The van der Waals surface area contributed by atoms with Crippen molar-refractivity contribution in [3.05, 3.63) is 78.4 Å². The van der Waals surface area contributed by atoms with Crippen molar-refractivity contribution >= 4 is 16.7 Å². The molecule has 0 radical (unpaired) electrons. The van der Waals surface area contributed by atoms with Crippen molar-refractivity contribution in [3.63, 3.8) is 0 Å². The first-order valence-corrected chi connectivity index (χ1v) is 8.56. The van der Waals surface area contributed by atoms with Crippen LogP contribution in [0.25, 0.3) is 33.3 Å². The van der Waals surface area contributed by atoms with Crippen LogP contribution < -0.4 is 0 Å². The minimum Gasteiger partial charge on any atom is -0.508 e. The summed E-state index contributed by atoms with van der Waals surface area (Å²) in [6, 6.07) is 21.2. The Morgan fingerprint density at radius 2 is 1.56 bits per heavy atom. The maximum atomic E-state index is 12.3. The van der Waals surface area contributed by atoms with Gasteiger partial charge in [0.15, 0.2) is 5.78 Å². The van der Waals surface area contributed by atoms with Crippen molar-refractivity contribution in [3.8, 4) is 33.9 Å². The van der Waals surface area contributed by atoms with E-state index in [1.807, 2.05) is 30.3 Å². The number of aromatic hydroxyl groups is 2. The zero-order valence-corrected chi connectivity index (χ0v) is 14.7. The van der Waals surface area contributed by atoms with Crippen LogP contribution in [0, 0.1) is 0 Å². The zero-order valence-electron chi connectivity index (χ0n) is 14.7. The molecular weight excluding hydrogens is 338 g/mol. The van der Waals surface area contributed by atoms with E-state index in [2.05, 4.69) is 4.98 Å².